The van der Waals surface area contributed by atoms with Crippen molar-refractivity contribution < 1.29 is 0 Å². The Labute approximate surface area is 83.7 Å². The summed E-state index contributed by atoms with van der Waals surface area (Å²) < 4.78 is 0. The van der Waals surface area contributed by atoms with Crippen LogP contribution in [0.1, 0.15) is 5.56 Å². The Morgan fingerprint density at radius 3 is 2.64 bits per heavy atom. The van der Waals surface area contributed by atoms with E-state index < -0.39 is 0 Å². The zero-order chi connectivity index (χ0) is 10.1. The van der Waals surface area contributed by atoms with Crippen LogP contribution in [0.5, 0.6) is 0 Å². The maximum absolute atomic E-state index is 5.90. The summed E-state index contributed by atoms with van der Waals surface area (Å²) in [6, 6.07) is 10.3. The maximum atomic E-state index is 5.90. The van der Waals surface area contributed by atoms with Crippen LogP contribution in [0.25, 0.3) is 10.8 Å². The molecule has 2 rings (SSSR count). The van der Waals surface area contributed by atoms with Crippen LogP contribution in [-0.4, -0.2) is 7.05 Å². The summed E-state index contributed by atoms with van der Waals surface area (Å²) in [5, 5.41) is 5.60. The van der Waals surface area contributed by atoms with E-state index in [9.17, 15) is 0 Å². The van der Waals surface area contributed by atoms with Gasteiger partial charge < -0.3 is 11.1 Å². The molecular formula is C12H14N2. The van der Waals surface area contributed by atoms with Gasteiger partial charge in [-0.05, 0) is 23.9 Å². The van der Waals surface area contributed by atoms with Crippen LogP contribution < -0.4 is 11.1 Å². The van der Waals surface area contributed by atoms with Crippen molar-refractivity contribution in [3.63, 3.8) is 0 Å². The average Bonchev–Trinajstić information content (AvgIpc) is 2.19. The summed E-state index contributed by atoms with van der Waals surface area (Å²) in [5.74, 6) is 0. The fraction of sp³-hybridized carbons (Fsp3) is 0.167. The van der Waals surface area contributed by atoms with Crippen molar-refractivity contribution in [3.8, 4) is 0 Å². The molecule has 0 fully saturated rings. The molecule has 2 heteroatoms. The highest BCUT2D eigenvalue weighted by Gasteiger charge is 2.05. The van der Waals surface area contributed by atoms with Gasteiger partial charge in [-0.25, -0.2) is 0 Å². The highest BCUT2D eigenvalue weighted by molar-refractivity contribution is 6.01. The Kier molecular flexibility index (Phi) is 2.04. The van der Waals surface area contributed by atoms with E-state index in [1.54, 1.807) is 0 Å². The second-order valence-corrected chi connectivity index (χ2v) is 3.45. The topological polar surface area (TPSA) is 38.0 Å². The Hall–Kier alpha value is -1.70. The van der Waals surface area contributed by atoms with E-state index in [4.69, 9.17) is 5.73 Å². The Morgan fingerprint density at radius 1 is 1.14 bits per heavy atom. The van der Waals surface area contributed by atoms with Gasteiger partial charge in [0.25, 0.3) is 0 Å². The minimum atomic E-state index is 0.800. The first-order valence-electron chi connectivity index (χ1n) is 4.69. The largest absolute Gasteiger partial charge is 0.397 e. The molecule has 0 aliphatic rings. The fourth-order valence-corrected chi connectivity index (χ4v) is 1.85. The number of aryl methyl sites for hydroxylation is 1. The third-order valence-electron chi connectivity index (χ3n) is 2.54. The molecule has 0 saturated heterocycles. The molecule has 0 aliphatic heterocycles. The maximum Gasteiger partial charge on any atom is 0.0653 e. The fourth-order valence-electron chi connectivity index (χ4n) is 1.85. The molecule has 2 aromatic carbocycles. The molecule has 72 valence electrons. The third kappa shape index (κ3) is 1.20. The number of rotatable bonds is 1. The molecule has 0 amide bonds. The molecule has 14 heavy (non-hydrogen) atoms. The number of nitrogen functional groups attached to an aromatic ring is 1. The zero-order valence-corrected chi connectivity index (χ0v) is 8.46. The molecule has 0 bridgehead atoms. The van der Waals surface area contributed by atoms with Crippen LogP contribution >= 0.6 is 0 Å². The molecule has 0 spiro atoms. The van der Waals surface area contributed by atoms with Crippen LogP contribution in [0.2, 0.25) is 0 Å². The molecule has 2 nitrogen and oxygen atoms in total. The van der Waals surface area contributed by atoms with Gasteiger partial charge in [0.1, 0.15) is 0 Å². The van der Waals surface area contributed by atoms with E-state index in [0.29, 0.717) is 0 Å². The quantitative estimate of drug-likeness (QED) is 0.672. The van der Waals surface area contributed by atoms with Gasteiger partial charge in [0, 0.05) is 12.4 Å². The van der Waals surface area contributed by atoms with Crippen molar-refractivity contribution in [2.75, 3.05) is 18.1 Å². The first-order valence-corrected chi connectivity index (χ1v) is 4.69. The number of benzene rings is 2. The lowest BCUT2D eigenvalue weighted by Gasteiger charge is -2.11. The highest BCUT2D eigenvalue weighted by Crippen LogP contribution is 2.31. The Balaban J connectivity index is 2.91. The minimum absolute atomic E-state index is 0.800. The number of hydrogen-bond donors (Lipinski definition) is 2. The van der Waals surface area contributed by atoms with Gasteiger partial charge in [-0.2, -0.15) is 0 Å². The number of nitrogens with one attached hydrogen (secondary N) is 1. The Morgan fingerprint density at radius 2 is 1.93 bits per heavy atom. The second-order valence-electron chi connectivity index (χ2n) is 3.45. The minimum Gasteiger partial charge on any atom is -0.397 e. The Bertz CT molecular complexity index is 475. The van der Waals surface area contributed by atoms with Gasteiger partial charge in [-0.3, -0.25) is 0 Å². The first-order chi connectivity index (χ1) is 6.74. The summed E-state index contributed by atoms with van der Waals surface area (Å²) in [4.78, 5) is 0. The highest BCUT2D eigenvalue weighted by atomic mass is 14.9. The third-order valence-corrected chi connectivity index (χ3v) is 2.54. The van der Waals surface area contributed by atoms with Crippen molar-refractivity contribution >= 4 is 22.1 Å². The molecule has 0 aromatic heterocycles. The smallest absolute Gasteiger partial charge is 0.0653 e. The standard InChI is InChI=1S/C12H14N2/c1-8-4-3-5-9-6-7-10(13)12(14-2)11(8)9/h3-7,14H,13H2,1-2H3. The van der Waals surface area contributed by atoms with Gasteiger partial charge in [-0.1, -0.05) is 24.3 Å². The molecular weight excluding hydrogens is 172 g/mol. The van der Waals surface area contributed by atoms with E-state index in [1.165, 1.54) is 16.3 Å². The zero-order valence-electron chi connectivity index (χ0n) is 8.46. The van der Waals surface area contributed by atoms with E-state index in [1.807, 2.05) is 13.1 Å². The molecule has 0 atom stereocenters. The molecule has 0 unspecified atom stereocenters. The van der Waals surface area contributed by atoms with Crippen molar-refractivity contribution in [1.29, 1.82) is 0 Å². The van der Waals surface area contributed by atoms with Gasteiger partial charge >= 0.3 is 0 Å². The van der Waals surface area contributed by atoms with E-state index in [-0.39, 0.29) is 0 Å². The van der Waals surface area contributed by atoms with Crippen LogP contribution in [0.3, 0.4) is 0 Å². The van der Waals surface area contributed by atoms with E-state index in [0.717, 1.165) is 11.4 Å². The van der Waals surface area contributed by atoms with Gasteiger partial charge in [0.05, 0.1) is 11.4 Å². The lowest BCUT2D eigenvalue weighted by atomic mass is 10.0. The molecule has 0 aliphatic carbocycles. The number of nitrogens with two attached hydrogens (primary N) is 1. The molecule has 2 aromatic rings. The number of fused-ring (bicyclic) bond motifs is 1. The predicted octanol–water partition coefficient (Wildman–Crippen LogP) is 2.77. The summed E-state index contributed by atoms with van der Waals surface area (Å²) in [6.45, 7) is 2.10. The normalized spacial score (nSPS) is 10.4. The SMILES string of the molecule is CNc1c(N)ccc2cccc(C)c12. The molecule has 0 heterocycles. The van der Waals surface area contributed by atoms with E-state index >= 15 is 0 Å². The average molecular weight is 186 g/mol. The second kappa shape index (κ2) is 3.22. The number of anilines is 2. The first kappa shape index (κ1) is 8.88. The van der Waals surface area contributed by atoms with Gasteiger partial charge in [0.2, 0.25) is 0 Å². The van der Waals surface area contributed by atoms with Crippen LogP contribution in [0.15, 0.2) is 30.3 Å². The molecule has 0 saturated carbocycles. The summed E-state index contributed by atoms with van der Waals surface area (Å²) >= 11 is 0. The van der Waals surface area contributed by atoms with Crippen LogP contribution in [0, 0.1) is 6.92 Å². The number of hydrogen-bond acceptors (Lipinski definition) is 2. The lowest BCUT2D eigenvalue weighted by Crippen LogP contribution is -1.97. The van der Waals surface area contributed by atoms with E-state index in [2.05, 4.69) is 36.5 Å². The monoisotopic (exact) mass is 186 g/mol. The van der Waals surface area contributed by atoms with Crippen LogP contribution in [0.4, 0.5) is 11.4 Å². The van der Waals surface area contributed by atoms with Crippen LogP contribution in [-0.2, 0) is 0 Å². The van der Waals surface area contributed by atoms with Gasteiger partial charge in [-0.15, -0.1) is 0 Å². The summed E-state index contributed by atoms with van der Waals surface area (Å²) in [5.41, 5.74) is 8.98. The van der Waals surface area contributed by atoms with Crippen molar-refractivity contribution in [1.82, 2.24) is 0 Å². The van der Waals surface area contributed by atoms with Crippen molar-refractivity contribution in [2.45, 2.75) is 6.92 Å². The van der Waals surface area contributed by atoms with Crippen molar-refractivity contribution in [2.24, 2.45) is 0 Å². The van der Waals surface area contributed by atoms with Crippen molar-refractivity contribution in [3.05, 3.63) is 35.9 Å². The predicted molar refractivity (Wildman–Crippen MR) is 62.6 cm³/mol. The molecule has 0 radical (unpaired) electrons. The van der Waals surface area contributed by atoms with Gasteiger partial charge in [0.15, 0.2) is 0 Å². The summed E-state index contributed by atoms with van der Waals surface area (Å²) in [7, 11) is 1.90. The summed E-state index contributed by atoms with van der Waals surface area (Å²) in [6.07, 6.45) is 0. The molecule has 3 N–H and O–H groups in total. The lowest BCUT2D eigenvalue weighted by molar-refractivity contribution is 1.49.